The van der Waals surface area contributed by atoms with Crippen LogP contribution in [0.25, 0.3) is 10.8 Å². The molecule has 3 aromatic rings. The number of amides is 2. The highest BCUT2D eigenvalue weighted by Crippen LogP contribution is 2.34. The van der Waals surface area contributed by atoms with E-state index < -0.39 is 0 Å². The van der Waals surface area contributed by atoms with E-state index in [1.54, 1.807) is 6.07 Å². The van der Waals surface area contributed by atoms with Gasteiger partial charge in [-0.1, -0.05) is 18.2 Å². The zero-order valence-corrected chi connectivity index (χ0v) is 18.2. The number of fused-ring (bicyclic) bond motifs is 1. The summed E-state index contributed by atoms with van der Waals surface area (Å²) < 4.78 is 11.3. The van der Waals surface area contributed by atoms with Gasteiger partial charge in [-0.05, 0) is 55.4 Å². The number of ether oxygens (including phenoxy) is 2. The molecule has 0 aliphatic carbocycles. The van der Waals surface area contributed by atoms with Crippen LogP contribution in [-0.4, -0.2) is 62.0 Å². The molecule has 2 aliphatic heterocycles. The number of likely N-dealkylation sites (N-methyl/N-ethyl adjacent to an activating group) is 1. The summed E-state index contributed by atoms with van der Waals surface area (Å²) in [4.78, 5) is 29.5. The van der Waals surface area contributed by atoms with Crippen molar-refractivity contribution in [2.45, 2.75) is 6.54 Å². The smallest absolute Gasteiger partial charge is 0.261 e. The van der Waals surface area contributed by atoms with E-state index in [2.05, 4.69) is 5.32 Å². The molecule has 0 radical (unpaired) electrons. The third-order valence-electron chi connectivity index (χ3n) is 5.80. The van der Waals surface area contributed by atoms with Gasteiger partial charge in [0, 0.05) is 36.3 Å². The summed E-state index contributed by atoms with van der Waals surface area (Å²) in [6.45, 7) is 2.65. The highest BCUT2D eigenvalue weighted by atomic mass is 16.6. The average Bonchev–Trinajstić information content (AvgIpc) is 2.80. The van der Waals surface area contributed by atoms with Crippen molar-refractivity contribution >= 4 is 28.3 Å². The largest absolute Gasteiger partial charge is 0.486 e. The van der Waals surface area contributed by atoms with Crippen LogP contribution in [0.5, 0.6) is 11.5 Å². The standard InChI is InChI=1S/C25H25N3O4/c1-27(2)8-9-28-24(29)19-5-3-4-17-13-18(14-20(23(17)19)25(28)30)26-15-16-6-7-21-22(12-16)32-11-10-31-21/h3-7,12-14,26H,8-11,15H2,1-2H3. The molecule has 0 unspecified atom stereocenters. The summed E-state index contributed by atoms with van der Waals surface area (Å²) in [7, 11) is 3.85. The van der Waals surface area contributed by atoms with Crippen LogP contribution in [-0.2, 0) is 6.54 Å². The number of carbonyl (C=O) groups excluding carboxylic acids is 2. The van der Waals surface area contributed by atoms with Gasteiger partial charge in [0.15, 0.2) is 11.5 Å². The molecule has 7 heteroatoms. The lowest BCUT2D eigenvalue weighted by Crippen LogP contribution is -2.43. The van der Waals surface area contributed by atoms with E-state index in [1.807, 2.05) is 61.5 Å². The van der Waals surface area contributed by atoms with E-state index in [9.17, 15) is 9.59 Å². The van der Waals surface area contributed by atoms with E-state index in [-0.39, 0.29) is 11.8 Å². The topological polar surface area (TPSA) is 71.1 Å². The molecule has 164 valence electrons. The maximum Gasteiger partial charge on any atom is 0.261 e. The van der Waals surface area contributed by atoms with Crippen LogP contribution in [0.3, 0.4) is 0 Å². The normalized spacial score (nSPS) is 14.9. The van der Waals surface area contributed by atoms with Gasteiger partial charge in [-0.15, -0.1) is 0 Å². The molecule has 0 aromatic heterocycles. The number of rotatable bonds is 6. The predicted octanol–water partition coefficient (Wildman–Crippen LogP) is 3.38. The van der Waals surface area contributed by atoms with Crippen LogP contribution in [0.1, 0.15) is 26.3 Å². The first-order chi connectivity index (χ1) is 15.5. The first-order valence-electron chi connectivity index (χ1n) is 10.7. The second-order valence-electron chi connectivity index (χ2n) is 8.32. The maximum absolute atomic E-state index is 13.2. The van der Waals surface area contributed by atoms with E-state index in [4.69, 9.17) is 9.47 Å². The number of carbonyl (C=O) groups is 2. The minimum absolute atomic E-state index is 0.230. The number of imide groups is 1. The minimum Gasteiger partial charge on any atom is -0.486 e. The molecule has 32 heavy (non-hydrogen) atoms. The Hall–Kier alpha value is -3.58. The molecule has 0 spiro atoms. The Labute approximate surface area is 186 Å². The van der Waals surface area contributed by atoms with Crippen LogP contribution in [0, 0.1) is 0 Å². The van der Waals surface area contributed by atoms with Gasteiger partial charge in [0.2, 0.25) is 0 Å². The van der Waals surface area contributed by atoms with E-state index in [0.717, 1.165) is 33.5 Å². The number of anilines is 1. The van der Waals surface area contributed by atoms with Crippen molar-refractivity contribution in [2.24, 2.45) is 0 Å². The first-order valence-corrected chi connectivity index (χ1v) is 10.7. The molecule has 0 saturated heterocycles. The minimum atomic E-state index is -0.247. The summed E-state index contributed by atoms with van der Waals surface area (Å²) in [5.74, 6) is 1.03. The zero-order chi connectivity index (χ0) is 22.2. The lowest BCUT2D eigenvalue weighted by atomic mass is 9.93. The predicted molar refractivity (Wildman–Crippen MR) is 123 cm³/mol. The summed E-state index contributed by atoms with van der Waals surface area (Å²) in [6, 6.07) is 15.3. The molecule has 0 fully saturated rings. The van der Waals surface area contributed by atoms with Gasteiger partial charge in [0.05, 0.1) is 5.56 Å². The van der Waals surface area contributed by atoms with Crippen molar-refractivity contribution in [1.29, 1.82) is 0 Å². The van der Waals surface area contributed by atoms with Crippen LogP contribution >= 0.6 is 0 Å². The number of benzene rings is 3. The van der Waals surface area contributed by atoms with Crippen LogP contribution in [0.4, 0.5) is 5.69 Å². The molecule has 1 N–H and O–H groups in total. The number of nitrogens with one attached hydrogen (secondary N) is 1. The monoisotopic (exact) mass is 431 g/mol. The molecular weight excluding hydrogens is 406 g/mol. The Bertz CT molecular complexity index is 1220. The van der Waals surface area contributed by atoms with Gasteiger partial charge in [-0.3, -0.25) is 14.5 Å². The van der Waals surface area contributed by atoms with Crippen molar-refractivity contribution in [3.8, 4) is 11.5 Å². The highest BCUT2D eigenvalue weighted by Gasteiger charge is 2.32. The lowest BCUT2D eigenvalue weighted by molar-refractivity contribution is 0.0601. The van der Waals surface area contributed by atoms with E-state index in [0.29, 0.717) is 44.0 Å². The Morgan fingerprint density at radius 3 is 2.53 bits per heavy atom. The van der Waals surface area contributed by atoms with Crippen LogP contribution < -0.4 is 14.8 Å². The fraction of sp³-hybridized carbons (Fsp3) is 0.280. The Morgan fingerprint density at radius 1 is 0.938 bits per heavy atom. The highest BCUT2D eigenvalue weighted by molar-refractivity contribution is 6.26. The SMILES string of the molecule is CN(C)CCN1C(=O)c2cccc3cc(NCc4ccc5c(c4)OCCO5)cc(c23)C1=O. The van der Waals surface area contributed by atoms with Gasteiger partial charge < -0.3 is 19.7 Å². The first kappa shape index (κ1) is 20.3. The average molecular weight is 431 g/mol. The van der Waals surface area contributed by atoms with Crippen molar-refractivity contribution in [3.05, 3.63) is 65.2 Å². The molecule has 2 aliphatic rings. The van der Waals surface area contributed by atoms with Crippen molar-refractivity contribution in [1.82, 2.24) is 9.80 Å². The third kappa shape index (κ3) is 3.65. The fourth-order valence-corrected chi connectivity index (χ4v) is 4.16. The van der Waals surface area contributed by atoms with Crippen LogP contribution in [0.15, 0.2) is 48.5 Å². The van der Waals surface area contributed by atoms with Gasteiger partial charge in [0.25, 0.3) is 11.8 Å². The second kappa shape index (κ2) is 8.16. The van der Waals surface area contributed by atoms with Gasteiger partial charge >= 0.3 is 0 Å². The maximum atomic E-state index is 13.2. The third-order valence-corrected chi connectivity index (χ3v) is 5.80. The quantitative estimate of drug-likeness (QED) is 0.604. The number of hydrogen-bond donors (Lipinski definition) is 1. The molecular formula is C25H25N3O4. The van der Waals surface area contributed by atoms with Crippen LogP contribution in [0.2, 0.25) is 0 Å². The van der Waals surface area contributed by atoms with Crippen molar-refractivity contribution in [3.63, 3.8) is 0 Å². The summed E-state index contributed by atoms with van der Waals surface area (Å²) in [6.07, 6.45) is 0. The zero-order valence-electron chi connectivity index (χ0n) is 18.2. The Balaban J connectivity index is 1.44. The molecule has 3 aromatic carbocycles. The van der Waals surface area contributed by atoms with Gasteiger partial charge in [-0.2, -0.15) is 0 Å². The second-order valence-corrected chi connectivity index (χ2v) is 8.32. The Kier molecular flexibility index (Phi) is 5.19. The van der Waals surface area contributed by atoms with Gasteiger partial charge in [-0.25, -0.2) is 0 Å². The number of hydrogen-bond acceptors (Lipinski definition) is 6. The molecule has 0 atom stereocenters. The fourth-order valence-electron chi connectivity index (χ4n) is 4.16. The summed E-state index contributed by atoms with van der Waals surface area (Å²) in [5.41, 5.74) is 3.01. The van der Waals surface area contributed by atoms with E-state index in [1.165, 1.54) is 4.90 Å². The lowest BCUT2D eigenvalue weighted by Gasteiger charge is -2.28. The van der Waals surface area contributed by atoms with Crippen molar-refractivity contribution in [2.75, 3.05) is 45.7 Å². The summed E-state index contributed by atoms with van der Waals surface area (Å²) in [5, 5.41) is 5.02. The number of nitrogens with zero attached hydrogens (tertiary/aromatic N) is 2. The van der Waals surface area contributed by atoms with Gasteiger partial charge in [0.1, 0.15) is 13.2 Å². The molecule has 0 saturated carbocycles. The molecule has 0 bridgehead atoms. The van der Waals surface area contributed by atoms with Crippen molar-refractivity contribution < 1.29 is 19.1 Å². The Morgan fingerprint density at radius 2 is 1.72 bits per heavy atom. The van der Waals surface area contributed by atoms with E-state index >= 15 is 0 Å². The molecule has 2 heterocycles. The molecule has 2 amide bonds. The molecule has 5 rings (SSSR count). The summed E-state index contributed by atoms with van der Waals surface area (Å²) >= 11 is 0. The molecule has 7 nitrogen and oxygen atoms in total.